The van der Waals surface area contributed by atoms with Gasteiger partial charge < -0.3 is 10.1 Å². The first-order valence-corrected chi connectivity index (χ1v) is 7.37. The molecule has 1 aliphatic rings. The second-order valence-corrected chi connectivity index (χ2v) is 6.13. The quantitative estimate of drug-likeness (QED) is 0.752. The summed E-state index contributed by atoms with van der Waals surface area (Å²) in [6, 6.07) is 10.6. The van der Waals surface area contributed by atoms with Crippen molar-refractivity contribution in [2.45, 2.75) is 6.10 Å². The van der Waals surface area contributed by atoms with Crippen molar-refractivity contribution >= 4 is 37.5 Å². The maximum absolute atomic E-state index is 13.9. The first-order valence-electron chi connectivity index (χ1n) is 5.78. The number of halogens is 3. The molecule has 0 amide bonds. The normalized spacial score (nSPS) is 17.3. The Labute approximate surface area is 127 Å². The summed E-state index contributed by atoms with van der Waals surface area (Å²) in [4.78, 5) is 0. The van der Waals surface area contributed by atoms with Crippen LogP contribution >= 0.6 is 31.9 Å². The molecule has 0 aliphatic carbocycles. The number of hydrogen-bond donors (Lipinski definition) is 1. The van der Waals surface area contributed by atoms with E-state index in [1.807, 2.05) is 18.2 Å². The second kappa shape index (κ2) is 5.13. The summed E-state index contributed by atoms with van der Waals surface area (Å²) in [6.45, 7) is 0.539. The zero-order valence-electron chi connectivity index (χ0n) is 9.79. The third-order valence-electron chi connectivity index (χ3n) is 2.99. The van der Waals surface area contributed by atoms with Crippen LogP contribution in [0.3, 0.4) is 0 Å². The van der Waals surface area contributed by atoms with Crippen molar-refractivity contribution in [2.24, 2.45) is 0 Å². The molecule has 0 fully saturated rings. The molecule has 0 saturated heterocycles. The molecule has 0 saturated carbocycles. The fourth-order valence-electron chi connectivity index (χ4n) is 2.08. The number of nitrogens with one attached hydrogen (secondary N) is 1. The highest BCUT2D eigenvalue weighted by atomic mass is 79.9. The zero-order chi connectivity index (χ0) is 13.4. The molecule has 1 aliphatic heterocycles. The third kappa shape index (κ3) is 2.62. The summed E-state index contributed by atoms with van der Waals surface area (Å²) in [6.07, 6.45) is -0.328. The van der Waals surface area contributed by atoms with Crippen LogP contribution in [-0.2, 0) is 0 Å². The number of ether oxygens (including phenoxy) is 1. The number of hydrogen-bond acceptors (Lipinski definition) is 2. The Kier molecular flexibility index (Phi) is 3.50. The van der Waals surface area contributed by atoms with Crippen LogP contribution in [0.15, 0.2) is 45.3 Å². The summed E-state index contributed by atoms with van der Waals surface area (Å²) in [5.74, 6) is 0.481. The molecule has 2 aromatic carbocycles. The monoisotopic (exact) mass is 385 g/mol. The standard InChI is InChI=1S/C14H10Br2FNO/c15-8-1-3-11(17)10(5-8)14-7-18-12-6-9(16)2-4-13(12)19-14/h1-6,14,18H,7H2. The molecule has 0 spiro atoms. The topological polar surface area (TPSA) is 21.3 Å². The number of anilines is 1. The summed E-state index contributed by atoms with van der Waals surface area (Å²) in [5.41, 5.74) is 1.47. The first kappa shape index (κ1) is 12.9. The summed E-state index contributed by atoms with van der Waals surface area (Å²) >= 11 is 6.77. The minimum atomic E-state index is -0.328. The Morgan fingerprint density at radius 3 is 2.68 bits per heavy atom. The van der Waals surface area contributed by atoms with E-state index in [-0.39, 0.29) is 11.9 Å². The van der Waals surface area contributed by atoms with Crippen LogP contribution in [0.2, 0.25) is 0 Å². The van der Waals surface area contributed by atoms with E-state index in [9.17, 15) is 4.39 Å². The molecule has 5 heteroatoms. The van der Waals surface area contributed by atoms with E-state index < -0.39 is 0 Å². The molecule has 1 heterocycles. The molecule has 1 N–H and O–H groups in total. The van der Waals surface area contributed by atoms with Crippen molar-refractivity contribution in [2.75, 3.05) is 11.9 Å². The van der Waals surface area contributed by atoms with Gasteiger partial charge in [0.2, 0.25) is 0 Å². The Morgan fingerprint density at radius 1 is 1.11 bits per heavy atom. The fourth-order valence-corrected chi connectivity index (χ4v) is 2.82. The van der Waals surface area contributed by atoms with Gasteiger partial charge in [0, 0.05) is 14.5 Å². The molecule has 2 nitrogen and oxygen atoms in total. The van der Waals surface area contributed by atoms with E-state index in [1.54, 1.807) is 12.1 Å². The van der Waals surface area contributed by atoms with Gasteiger partial charge in [-0.2, -0.15) is 0 Å². The van der Waals surface area contributed by atoms with Gasteiger partial charge in [-0.05, 0) is 36.4 Å². The molecule has 0 bridgehead atoms. The predicted octanol–water partition coefficient (Wildman–Crippen LogP) is 4.90. The molecule has 1 atom stereocenters. The number of benzene rings is 2. The van der Waals surface area contributed by atoms with Gasteiger partial charge in [0.1, 0.15) is 17.7 Å². The smallest absolute Gasteiger partial charge is 0.144 e. The molecule has 1 unspecified atom stereocenters. The van der Waals surface area contributed by atoms with Crippen molar-refractivity contribution < 1.29 is 9.13 Å². The van der Waals surface area contributed by atoms with Crippen molar-refractivity contribution in [3.05, 3.63) is 56.7 Å². The van der Waals surface area contributed by atoms with Gasteiger partial charge in [0.05, 0.1) is 12.2 Å². The lowest BCUT2D eigenvalue weighted by molar-refractivity contribution is 0.205. The first-order chi connectivity index (χ1) is 9.13. The number of rotatable bonds is 1. The SMILES string of the molecule is Fc1ccc(Br)cc1C1CNc2cc(Br)ccc2O1. The molecular weight excluding hydrogens is 377 g/mol. The molecule has 0 radical (unpaired) electrons. The summed E-state index contributed by atoms with van der Waals surface area (Å²) in [7, 11) is 0. The van der Waals surface area contributed by atoms with Crippen LogP contribution < -0.4 is 10.1 Å². The molecule has 19 heavy (non-hydrogen) atoms. The van der Waals surface area contributed by atoms with Gasteiger partial charge >= 0.3 is 0 Å². The van der Waals surface area contributed by atoms with Gasteiger partial charge in [0.25, 0.3) is 0 Å². The summed E-state index contributed by atoms with van der Waals surface area (Å²) < 4.78 is 21.5. The third-order valence-corrected chi connectivity index (χ3v) is 3.98. The number of fused-ring (bicyclic) bond motifs is 1. The van der Waals surface area contributed by atoms with E-state index in [0.29, 0.717) is 12.1 Å². The average Bonchev–Trinajstić information content (AvgIpc) is 2.41. The van der Waals surface area contributed by atoms with E-state index in [4.69, 9.17) is 4.74 Å². The van der Waals surface area contributed by atoms with Crippen molar-refractivity contribution in [3.8, 4) is 5.75 Å². The van der Waals surface area contributed by atoms with E-state index in [2.05, 4.69) is 37.2 Å². The van der Waals surface area contributed by atoms with Gasteiger partial charge in [-0.25, -0.2) is 4.39 Å². The second-order valence-electron chi connectivity index (χ2n) is 4.29. The highest BCUT2D eigenvalue weighted by molar-refractivity contribution is 9.10. The van der Waals surface area contributed by atoms with Crippen LogP contribution in [0.4, 0.5) is 10.1 Å². The van der Waals surface area contributed by atoms with Gasteiger partial charge in [-0.1, -0.05) is 31.9 Å². The highest BCUT2D eigenvalue weighted by Crippen LogP contribution is 2.37. The van der Waals surface area contributed by atoms with Gasteiger partial charge in [0.15, 0.2) is 0 Å². The molecule has 0 aromatic heterocycles. The molecule has 2 aromatic rings. The van der Waals surface area contributed by atoms with Crippen LogP contribution in [-0.4, -0.2) is 6.54 Å². The van der Waals surface area contributed by atoms with E-state index >= 15 is 0 Å². The Bertz CT molecular complexity index is 633. The highest BCUT2D eigenvalue weighted by Gasteiger charge is 2.23. The van der Waals surface area contributed by atoms with E-state index in [0.717, 1.165) is 20.4 Å². The van der Waals surface area contributed by atoms with Crippen LogP contribution in [0.1, 0.15) is 11.7 Å². The minimum Gasteiger partial charge on any atom is -0.482 e. The lowest BCUT2D eigenvalue weighted by Gasteiger charge is -2.28. The Hall–Kier alpha value is -1.07. The predicted molar refractivity (Wildman–Crippen MR) is 80.1 cm³/mol. The fraction of sp³-hybridized carbons (Fsp3) is 0.143. The van der Waals surface area contributed by atoms with Gasteiger partial charge in [-0.3, -0.25) is 0 Å². The van der Waals surface area contributed by atoms with Crippen LogP contribution in [0.25, 0.3) is 0 Å². The summed E-state index contributed by atoms with van der Waals surface area (Å²) in [5, 5.41) is 3.26. The molecule has 98 valence electrons. The molecular formula is C14H10Br2FNO. The zero-order valence-corrected chi connectivity index (χ0v) is 13.0. The van der Waals surface area contributed by atoms with Crippen molar-refractivity contribution in [1.29, 1.82) is 0 Å². The van der Waals surface area contributed by atoms with Crippen LogP contribution in [0.5, 0.6) is 5.75 Å². The largest absolute Gasteiger partial charge is 0.482 e. The van der Waals surface area contributed by atoms with E-state index in [1.165, 1.54) is 6.07 Å². The maximum Gasteiger partial charge on any atom is 0.144 e. The lowest BCUT2D eigenvalue weighted by atomic mass is 10.1. The van der Waals surface area contributed by atoms with Crippen molar-refractivity contribution in [3.63, 3.8) is 0 Å². The Morgan fingerprint density at radius 2 is 1.84 bits per heavy atom. The maximum atomic E-state index is 13.9. The van der Waals surface area contributed by atoms with Gasteiger partial charge in [-0.15, -0.1) is 0 Å². The van der Waals surface area contributed by atoms with Crippen LogP contribution in [0, 0.1) is 5.82 Å². The van der Waals surface area contributed by atoms with Crippen molar-refractivity contribution in [1.82, 2.24) is 0 Å². The minimum absolute atomic E-state index is 0.254. The molecule has 3 rings (SSSR count). The lowest BCUT2D eigenvalue weighted by Crippen LogP contribution is -2.24. The Balaban J connectivity index is 1.93. The average molecular weight is 387 g/mol.